The molecule has 0 aliphatic carbocycles. The number of methoxy groups -OCH3 is 1. The number of nitrogens with one attached hydrogen (secondary N) is 1. The summed E-state index contributed by atoms with van der Waals surface area (Å²) in [6.45, 7) is 0. The Bertz CT molecular complexity index is 602. The zero-order valence-electron chi connectivity index (χ0n) is 9.96. The molecule has 19 heavy (non-hydrogen) atoms. The Morgan fingerprint density at radius 1 is 1.37 bits per heavy atom. The van der Waals surface area contributed by atoms with Gasteiger partial charge in [0.2, 0.25) is 0 Å². The molecule has 1 heterocycles. The molecule has 1 aromatic heterocycles. The molecule has 7 heteroatoms. The molecule has 0 atom stereocenters. The van der Waals surface area contributed by atoms with Gasteiger partial charge in [0.15, 0.2) is 11.6 Å². The lowest BCUT2D eigenvalue weighted by atomic mass is 10.3. The number of hydrogen-bond acceptors (Lipinski definition) is 5. The van der Waals surface area contributed by atoms with Crippen molar-refractivity contribution in [2.24, 2.45) is 0 Å². The Balaban J connectivity index is 2.29. The molecule has 0 unspecified atom stereocenters. The van der Waals surface area contributed by atoms with E-state index in [2.05, 4.69) is 10.3 Å². The van der Waals surface area contributed by atoms with Gasteiger partial charge in [0, 0.05) is 5.69 Å². The van der Waals surface area contributed by atoms with E-state index in [1.807, 2.05) is 0 Å². The molecule has 0 spiro atoms. The van der Waals surface area contributed by atoms with Gasteiger partial charge in [-0.1, -0.05) is 0 Å². The number of benzene rings is 1. The lowest BCUT2D eigenvalue weighted by molar-refractivity contribution is -0.385. The highest BCUT2D eigenvalue weighted by atomic mass is 19.1. The van der Waals surface area contributed by atoms with E-state index in [4.69, 9.17) is 4.74 Å². The predicted octanol–water partition coefficient (Wildman–Crippen LogP) is 2.88. The summed E-state index contributed by atoms with van der Waals surface area (Å²) >= 11 is 0. The summed E-state index contributed by atoms with van der Waals surface area (Å²) in [4.78, 5) is 14.0. The Labute approximate surface area is 108 Å². The first-order valence-corrected chi connectivity index (χ1v) is 5.31. The Kier molecular flexibility index (Phi) is 3.56. The smallest absolute Gasteiger partial charge is 0.291 e. The third-order valence-electron chi connectivity index (χ3n) is 2.38. The predicted molar refractivity (Wildman–Crippen MR) is 67.1 cm³/mol. The molecule has 6 nitrogen and oxygen atoms in total. The first-order valence-electron chi connectivity index (χ1n) is 5.31. The number of aromatic nitrogens is 1. The van der Waals surface area contributed by atoms with E-state index in [0.717, 1.165) is 6.20 Å². The van der Waals surface area contributed by atoms with E-state index < -0.39 is 4.92 Å². The van der Waals surface area contributed by atoms with E-state index >= 15 is 0 Å². The van der Waals surface area contributed by atoms with E-state index in [1.54, 1.807) is 0 Å². The molecule has 0 radical (unpaired) electrons. The summed E-state index contributed by atoms with van der Waals surface area (Å²) in [5, 5.41) is 13.5. The van der Waals surface area contributed by atoms with Crippen LogP contribution < -0.4 is 10.1 Å². The molecule has 0 fully saturated rings. The van der Waals surface area contributed by atoms with Crippen molar-refractivity contribution in [1.29, 1.82) is 0 Å². The monoisotopic (exact) mass is 263 g/mol. The first-order chi connectivity index (χ1) is 9.10. The molecular weight excluding hydrogens is 253 g/mol. The molecule has 0 saturated carbocycles. The van der Waals surface area contributed by atoms with Crippen LogP contribution in [0.4, 0.5) is 21.6 Å². The number of halogens is 1. The molecule has 98 valence electrons. The van der Waals surface area contributed by atoms with Gasteiger partial charge in [0.25, 0.3) is 5.69 Å². The van der Waals surface area contributed by atoms with Gasteiger partial charge in [-0.05, 0) is 24.3 Å². The minimum atomic E-state index is -0.558. The molecule has 2 aromatic rings. The van der Waals surface area contributed by atoms with E-state index in [0.29, 0.717) is 11.5 Å². The maximum Gasteiger partial charge on any atom is 0.291 e. The molecule has 0 bridgehead atoms. The number of ether oxygens (including phenoxy) is 1. The topological polar surface area (TPSA) is 77.3 Å². The van der Waals surface area contributed by atoms with Crippen molar-refractivity contribution >= 4 is 17.2 Å². The van der Waals surface area contributed by atoms with Crippen LogP contribution in [0.1, 0.15) is 0 Å². The second kappa shape index (κ2) is 5.30. The van der Waals surface area contributed by atoms with Crippen LogP contribution in [0.15, 0.2) is 36.5 Å². The van der Waals surface area contributed by atoms with Gasteiger partial charge in [-0.15, -0.1) is 0 Å². The van der Waals surface area contributed by atoms with E-state index in [-0.39, 0.29) is 17.3 Å². The van der Waals surface area contributed by atoms with E-state index in [1.165, 1.54) is 37.4 Å². The number of nitro groups is 1. The average Bonchev–Trinajstić information content (AvgIpc) is 2.41. The van der Waals surface area contributed by atoms with Crippen LogP contribution in [0.2, 0.25) is 0 Å². The van der Waals surface area contributed by atoms with Crippen molar-refractivity contribution < 1.29 is 14.1 Å². The molecule has 0 aliphatic rings. The van der Waals surface area contributed by atoms with E-state index in [9.17, 15) is 14.5 Å². The van der Waals surface area contributed by atoms with Crippen molar-refractivity contribution in [1.82, 2.24) is 4.98 Å². The second-order valence-electron chi connectivity index (χ2n) is 3.63. The highest BCUT2D eigenvalue weighted by Crippen LogP contribution is 2.28. The SMILES string of the molecule is COc1cc([N+](=O)[O-])cnc1Nc1ccc(F)cc1. The number of pyridine rings is 1. The zero-order valence-corrected chi connectivity index (χ0v) is 9.96. The summed E-state index contributed by atoms with van der Waals surface area (Å²) in [6, 6.07) is 6.90. The van der Waals surface area contributed by atoms with Crippen LogP contribution in [0, 0.1) is 15.9 Å². The first kappa shape index (κ1) is 12.7. The molecule has 0 amide bonds. The van der Waals surface area contributed by atoms with Gasteiger partial charge in [-0.3, -0.25) is 10.1 Å². The number of hydrogen-bond donors (Lipinski definition) is 1. The summed E-state index contributed by atoms with van der Waals surface area (Å²) in [5.74, 6) is 0.201. The third-order valence-corrected chi connectivity index (χ3v) is 2.38. The summed E-state index contributed by atoms with van der Waals surface area (Å²) < 4.78 is 17.8. The number of rotatable bonds is 4. The Morgan fingerprint density at radius 3 is 2.63 bits per heavy atom. The molecule has 1 N–H and O–H groups in total. The Hall–Kier alpha value is -2.70. The maximum atomic E-state index is 12.8. The molecule has 0 aliphatic heterocycles. The normalized spacial score (nSPS) is 10.0. The molecule has 2 rings (SSSR count). The third kappa shape index (κ3) is 2.95. The lowest BCUT2D eigenvalue weighted by Gasteiger charge is -2.09. The molecule has 0 saturated heterocycles. The Morgan fingerprint density at radius 2 is 2.05 bits per heavy atom. The van der Waals surface area contributed by atoms with Crippen LogP contribution in [0.25, 0.3) is 0 Å². The van der Waals surface area contributed by atoms with Crippen LogP contribution in [0.3, 0.4) is 0 Å². The summed E-state index contributed by atoms with van der Waals surface area (Å²) in [5.41, 5.74) is 0.433. The van der Waals surface area contributed by atoms with Gasteiger partial charge in [-0.25, -0.2) is 9.37 Å². The quantitative estimate of drug-likeness (QED) is 0.677. The van der Waals surface area contributed by atoms with Crippen LogP contribution in [0.5, 0.6) is 5.75 Å². The minimum absolute atomic E-state index is 0.165. The highest BCUT2D eigenvalue weighted by molar-refractivity contribution is 5.63. The summed E-state index contributed by atoms with van der Waals surface area (Å²) in [6.07, 6.45) is 1.12. The fraction of sp³-hybridized carbons (Fsp3) is 0.0833. The zero-order chi connectivity index (χ0) is 13.8. The second-order valence-corrected chi connectivity index (χ2v) is 3.63. The summed E-state index contributed by atoms with van der Waals surface area (Å²) in [7, 11) is 1.39. The standard InChI is InChI=1S/C12H10FN3O3/c1-19-11-6-10(16(17)18)7-14-12(11)15-9-4-2-8(13)3-5-9/h2-7H,1H3,(H,14,15). The number of anilines is 2. The van der Waals surface area contributed by atoms with Gasteiger partial charge in [0.05, 0.1) is 18.1 Å². The largest absolute Gasteiger partial charge is 0.493 e. The lowest BCUT2D eigenvalue weighted by Crippen LogP contribution is -1.99. The van der Waals surface area contributed by atoms with Crippen molar-refractivity contribution in [2.45, 2.75) is 0 Å². The van der Waals surface area contributed by atoms with Gasteiger partial charge in [0.1, 0.15) is 12.0 Å². The van der Waals surface area contributed by atoms with Crippen molar-refractivity contribution in [3.8, 4) is 5.75 Å². The van der Waals surface area contributed by atoms with Crippen molar-refractivity contribution in [3.63, 3.8) is 0 Å². The fourth-order valence-electron chi connectivity index (χ4n) is 1.45. The minimum Gasteiger partial charge on any atom is -0.493 e. The van der Waals surface area contributed by atoms with Gasteiger partial charge < -0.3 is 10.1 Å². The van der Waals surface area contributed by atoms with Gasteiger partial charge in [-0.2, -0.15) is 0 Å². The van der Waals surface area contributed by atoms with Crippen LogP contribution >= 0.6 is 0 Å². The maximum absolute atomic E-state index is 12.8. The highest BCUT2D eigenvalue weighted by Gasteiger charge is 2.12. The average molecular weight is 263 g/mol. The van der Waals surface area contributed by atoms with Crippen LogP contribution in [-0.2, 0) is 0 Å². The van der Waals surface area contributed by atoms with Crippen LogP contribution in [-0.4, -0.2) is 17.0 Å². The van der Waals surface area contributed by atoms with Crippen molar-refractivity contribution in [2.75, 3.05) is 12.4 Å². The fourth-order valence-corrected chi connectivity index (χ4v) is 1.45. The molecule has 1 aromatic carbocycles. The van der Waals surface area contributed by atoms with Gasteiger partial charge >= 0.3 is 0 Å². The van der Waals surface area contributed by atoms with Crippen molar-refractivity contribution in [3.05, 3.63) is 52.5 Å². The molecular formula is C12H10FN3O3. The number of nitrogens with zero attached hydrogens (tertiary/aromatic N) is 2.